The number of ether oxygens (including phenoxy) is 2. The molecule has 2 aromatic carbocycles. The maximum absolute atomic E-state index is 12.4. The van der Waals surface area contributed by atoms with E-state index in [1.165, 1.54) is 14.0 Å². The maximum Gasteiger partial charge on any atom is 0.316 e. The number of methoxy groups -OCH3 is 1. The van der Waals surface area contributed by atoms with Crippen molar-refractivity contribution in [1.29, 1.82) is 0 Å². The normalized spacial score (nSPS) is 10.8. The average Bonchev–Trinajstić information content (AvgIpc) is 2.67. The van der Waals surface area contributed by atoms with Crippen LogP contribution in [0.2, 0.25) is 0 Å². The molecule has 0 saturated heterocycles. The first-order valence-electron chi connectivity index (χ1n) is 8.01. The molecule has 0 aliphatic heterocycles. The Morgan fingerprint density at radius 2 is 1.54 bits per heavy atom. The van der Waals surface area contributed by atoms with Gasteiger partial charge >= 0.3 is 5.97 Å². The molecule has 0 amide bonds. The van der Waals surface area contributed by atoms with Gasteiger partial charge in [-0.25, -0.2) is 0 Å². The van der Waals surface area contributed by atoms with E-state index in [1.807, 2.05) is 44.2 Å². The van der Waals surface area contributed by atoms with Crippen LogP contribution in [0.3, 0.4) is 0 Å². The summed E-state index contributed by atoms with van der Waals surface area (Å²) in [5.74, 6) is -1.25. The van der Waals surface area contributed by atoms with Crippen molar-refractivity contribution in [2.24, 2.45) is 5.92 Å². The van der Waals surface area contributed by atoms with Crippen LogP contribution in [0.25, 0.3) is 0 Å². The van der Waals surface area contributed by atoms with Gasteiger partial charge in [-0.2, -0.15) is 0 Å². The summed E-state index contributed by atoms with van der Waals surface area (Å²) in [4.78, 5) is 23.9. The molecule has 0 radical (unpaired) electrons. The van der Waals surface area contributed by atoms with Gasteiger partial charge in [0.1, 0.15) is 18.3 Å². The first-order chi connectivity index (χ1) is 11.6. The zero-order valence-electron chi connectivity index (χ0n) is 14.6. The van der Waals surface area contributed by atoms with E-state index in [0.717, 1.165) is 5.56 Å². The molecule has 0 saturated carbocycles. The predicted molar refractivity (Wildman–Crippen MR) is 94.1 cm³/mol. The van der Waals surface area contributed by atoms with E-state index in [-0.39, 0.29) is 5.78 Å². The summed E-state index contributed by atoms with van der Waals surface area (Å²) < 4.78 is 10.4. The van der Waals surface area contributed by atoms with E-state index >= 15 is 0 Å². The van der Waals surface area contributed by atoms with Crippen molar-refractivity contribution >= 4 is 11.8 Å². The lowest BCUT2D eigenvalue weighted by Gasteiger charge is -2.13. The monoisotopic (exact) mass is 328 g/mol. The number of carbonyl (C=O) groups is 2. The molecule has 1 unspecified atom stereocenters. The van der Waals surface area contributed by atoms with E-state index in [4.69, 9.17) is 4.74 Å². The molecule has 24 heavy (non-hydrogen) atoms. The molecule has 128 valence electrons. The first-order valence-corrected chi connectivity index (χ1v) is 8.01. The highest BCUT2D eigenvalue weighted by Gasteiger charge is 2.25. The van der Waals surface area contributed by atoms with Gasteiger partial charge in [0.2, 0.25) is 0 Å². The highest BCUT2D eigenvalue weighted by molar-refractivity contribution is 6.09. The highest BCUT2D eigenvalue weighted by Crippen LogP contribution is 2.23. The fraction of sp³-hybridized carbons (Fsp3) is 0.300. The Morgan fingerprint density at radius 3 is 2.17 bits per heavy atom. The SMILES string of the molecule is CC.COC(=O)C(C)C(=O)c1ccccc1OCc1ccccc1. The van der Waals surface area contributed by atoms with Gasteiger partial charge in [-0.1, -0.05) is 56.3 Å². The zero-order chi connectivity index (χ0) is 17.9. The van der Waals surface area contributed by atoms with Crippen LogP contribution in [0.5, 0.6) is 5.75 Å². The minimum absolute atomic E-state index is 0.310. The van der Waals surface area contributed by atoms with Gasteiger partial charge in [0.15, 0.2) is 5.78 Å². The third kappa shape index (κ3) is 5.23. The van der Waals surface area contributed by atoms with Crippen LogP contribution in [0.15, 0.2) is 54.6 Å². The van der Waals surface area contributed by atoms with E-state index < -0.39 is 11.9 Å². The van der Waals surface area contributed by atoms with Gasteiger partial charge in [-0.3, -0.25) is 9.59 Å². The van der Waals surface area contributed by atoms with Crippen molar-refractivity contribution in [3.05, 3.63) is 65.7 Å². The van der Waals surface area contributed by atoms with E-state index in [1.54, 1.807) is 24.3 Å². The number of Topliss-reactive ketones (excluding diaryl/α,β-unsaturated/α-hetero) is 1. The molecule has 2 aromatic rings. The Hall–Kier alpha value is -2.62. The Kier molecular flexibility index (Phi) is 8.26. The number of benzene rings is 2. The lowest BCUT2D eigenvalue weighted by Crippen LogP contribution is -2.23. The van der Waals surface area contributed by atoms with Crippen LogP contribution in [0.4, 0.5) is 0 Å². The molecule has 4 heteroatoms. The average molecular weight is 328 g/mol. The number of para-hydroxylation sites is 1. The van der Waals surface area contributed by atoms with Gasteiger partial charge in [0.25, 0.3) is 0 Å². The molecular weight excluding hydrogens is 304 g/mol. The van der Waals surface area contributed by atoms with Crippen molar-refractivity contribution in [1.82, 2.24) is 0 Å². The lowest BCUT2D eigenvalue weighted by atomic mass is 9.99. The van der Waals surface area contributed by atoms with Crippen molar-refractivity contribution in [2.75, 3.05) is 7.11 Å². The molecule has 2 rings (SSSR count). The largest absolute Gasteiger partial charge is 0.488 e. The van der Waals surface area contributed by atoms with Crippen molar-refractivity contribution in [3.63, 3.8) is 0 Å². The van der Waals surface area contributed by atoms with E-state index in [2.05, 4.69) is 4.74 Å². The Morgan fingerprint density at radius 1 is 0.958 bits per heavy atom. The quantitative estimate of drug-likeness (QED) is 0.451. The topological polar surface area (TPSA) is 52.6 Å². The molecule has 4 nitrogen and oxygen atoms in total. The summed E-state index contributed by atoms with van der Waals surface area (Å²) in [5, 5.41) is 0. The third-order valence-electron chi connectivity index (χ3n) is 3.34. The van der Waals surface area contributed by atoms with Gasteiger partial charge in [0, 0.05) is 0 Å². The molecule has 0 heterocycles. The third-order valence-corrected chi connectivity index (χ3v) is 3.34. The Bertz CT molecular complexity index is 650. The molecule has 0 aromatic heterocycles. The highest BCUT2D eigenvalue weighted by atomic mass is 16.5. The van der Waals surface area contributed by atoms with E-state index in [0.29, 0.717) is 17.9 Å². The van der Waals surface area contributed by atoms with E-state index in [9.17, 15) is 9.59 Å². The molecular formula is C20H24O4. The molecule has 0 aliphatic rings. The van der Waals surface area contributed by atoms with Crippen LogP contribution in [-0.2, 0) is 16.1 Å². The molecule has 0 bridgehead atoms. The van der Waals surface area contributed by atoms with Gasteiger partial charge in [0.05, 0.1) is 12.7 Å². The minimum atomic E-state index is -0.855. The van der Waals surface area contributed by atoms with Crippen LogP contribution < -0.4 is 4.74 Å². The second-order valence-electron chi connectivity index (χ2n) is 4.88. The summed E-state index contributed by atoms with van der Waals surface area (Å²) in [6.07, 6.45) is 0. The molecule has 1 atom stereocenters. The lowest BCUT2D eigenvalue weighted by molar-refractivity contribution is -0.143. The first kappa shape index (κ1) is 19.4. The molecule has 0 aliphatic carbocycles. The second-order valence-corrected chi connectivity index (χ2v) is 4.88. The number of esters is 1. The summed E-state index contributed by atoms with van der Waals surface area (Å²) in [6, 6.07) is 16.6. The summed E-state index contributed by atoms with van der Waals surface area (Å²) >= 11 is 0. The Balaban J connectivity index is 0.00000139. The Labute approximate surface area is 143 Å². The van der Waals surface area contributed by atoms with Crippen LogP contribution in [-0.4, -0.2) is 18.9 Å². The van der Waals surface area contributed by atoms with Crippen LogP contribution in [0, 0.1) is 5.92 Å². The number of hydrogen-bond donors (Lipinski definition) is 0. The molecule has 0 spiro atoms. The van der Waals surface area contributed by atoms with Gasteiger partial charge in [-0.15, -0.1) is 0 Å². The summed E-state index contributed by atoms with van der Waals surface area (Å²) in [7, 11) is 1.27. The second kappa shape index (κ2) is 10.2. The molecule has 0 fully saturated rings. The van der Waals surface area contributed by atoms with Crippen LogP contribution in [0.1, 0.15) is 36.7 Å². The van der Waals surface area contributed by atoms with Crippen molar-refractivity contribution < 1.29 is 19.1 Å². The number of ketones is 1. The number of rotatable bonds is 6. The summed E-state index contributed by atoms with van der Waals surface area (Å²) in [5.41, 5.74) is 1.39. The number of carbonyl (C=O) groups excluding carboxylic acids is 2. The maximum atomic E-state index is 12.4. The van der Waals surface area contributed by atoms with Crippen molar-refractivity contribution in [2.45, 2.75) is 27.4 Å². The zero-order valence-corrected chi connectivity index (χ0v) is 14.6. The molecule has 0 N–H and O–H groups in total. The smallest absolute Gasteiger partial charge is 0.316 e. The fourth-order valence-corrected chi connectivity index (χ4v) is 2.05. The predicted octanol–water partition coefficient (Wildman–Crippen LogP) is 4.28. The van der Waals surface area contributed by atoms with Crippen molar-refractivity contribution in [3.8, 4) is 5.75 Å². The fourth-order valence-electron chi connectivity index (χ4n) is 2.05. The summed E-state index contributed by atoms with van der Waals surface area (Å²) in [6.45, 7) is 5.89. The van der Waals surface area contributed by atoms with Gasteiger partial charge in [-0.05, 0) is 24.6 Å². The van der Waals surface area contributed by atoms with Crippen LogP contribution >= 0.6 is 0 Å². The standard InChI is InChI=1S/C18H18O4.C2H6/c1-13(18(20)21-2)17(19)15-10-6-7-11-16(15)22-12-14-8-4-3-5-9-14;1-2/h3-11,13H,12H2,1-2H3;1-2H3. The number of hydrogen-bond acceptors (Lipinski definition) is 4. The minimum Gasteiger partial charge on any atom is -0.488 e. The van der Waals surface area contributed by atoms with Gasteiger partial charge < -0.3 is 9.47 Å².